The van der Waals surface area contributed by atoms with E-state index in [0.29, 0.717) is 18.6 Å². The molecule has 0 bridgehead atoms. The molecule has 0 N–H and O–H groups in total. The predicted octanol–water partition coefficient (Wildman–Crippen LogP) is 3.28. The fourth-order valence-electron chi connectivity index (χ4n) is 2.50. The normalized spacial score (nSPS) is 20.6. The fraction of sp³-hybridized carbons (Fsp3) is 0.600. The number of hydrogen-bond donors (Lipinski definition) is 1. The lowest BCUT2D eigenvalue weighted by atomic mass is 9.84. The zero-order valence-electron chi connectivity index (χ0n) is 11.5. The van der Waals surface area contributed by atoms with E-state index in [1.165, 1.54) is 4.90 Å². The monoisotopic (exact) mass is 312 g/mol. The Morgan fingerprint density at radius 2 is 1.80 bits per heavy atom. The third-order valence-electron chi connectivity index (χ3n) is 3.95. The second kappa shape index (κ2) is 6.50. The molecule has 0 amide bonds. The van der Waals surface area contributed by atoms with Crippen LogP contribution >= 0.6 is 24.4 Å². The van der Waals surface area contributed by atoms with Crippen LogP contribution in [-0.4, -0.2) is 37.9 Å². The summed E-state index contributed by atoms with van der Waals surface area (Å²) in [6.07, 6.45) is 2.21. The fourth-order valence-corrected chi connectivity index (χ4v) is 4.30. The summed E-state index contributed by atoms with van der Waals surface area (Å²) in [5, 5.41) is 0. The quantitative estimate of drug-likeness (QED) is 0.682. The van der Waals surface area contributed by atoms with Crippen molar-refractivity contribution in [3.63, 3.8) is 0 Å². The van der Waals surface area contributed by atoms with Crippen LogP contribution in [-0.2, 0) is 4.74 Å². The maximum atomic E-state index is 5.63. The third-order valence-corrected chi connectivity index (χ3v) is 5.96. The van der Waals surface area contributed by atoms with Gasteiger partial charge in [-0.2, -0.15) is 12.6 Å². The molecule has 0 atom stereocenters. The van der Waals surface area contributed by atoms with Gasteiger partial charge in [0.1, 0.15) is 13.2 Å². The first-order valence-corrected chi connectivity index (χ1v) is 8.64. The lowest BCUT2D eigenvalue weighted by molar-refractivity contribution is 0.0371. The lowest BCUT2D eigenvalue weighted by Gasteiger charge is -2.35. The number of ether oxygens (including phenoxy) is 3. The minimum Gasteiger partial charge on any atom is -0.486 e. The average molecular weight is 312 g/mol. The van der Waals surface area contributed by atoms with Crippen molar-refractivity contribution in [2.45, 2.75) is 17.7 Å². The molecule has 0 unspecified atom stereocenters. The Labute approximate surface area is 129 Å². The van der Waals surface area contributed by atoms with Crippen LogP contribution < -0.4 is 9.47 Å². The summed E-state index contributed by atoms with van der Waals surface area (Å²) in [6.45, 7) is 3.01. The van der Waals surface area contributed by atoms with Crippen LogP contribution in [0, 0.1) is 5.41 Å². The van der Waals surface area contributed by atoms with Gasteiger partial charge in [-0.25, -0.2) is 0 Å². The maximum absolute atomic E-state index is 5.63. The van der Waals surface area contributed by atoms with Gasteiger partial charge in [0.05, 0.1) is 0 Å². The molecule has 2 heterocycles. The van der Waals surface area contributed by atoms with Crippen LogP contribution in [0.3, 0.4) is 0 Å². The number of rotatable bonds is 4. The standard InChI is InChI=1S/C15H20O3S2/c19-10-15(3-5-16-6-4-15)11-20-12-1-2-13-14(9-12)18-8-7-17-13/h1-2,9,19H,3-8,10-11H2. The van der Waals surface area contributed by atoms with E-state index in [2.05, 4.69) is 24.8 Å². The Balaban J connectivity index is 1.65. The van der Waals surface area contributed by atoms with E-state index in [1.54, 1.807) is 0 Å². The van der Waals surface area contributed by atoms with Gasteiger partial charge in [-0.3, -0.25) is 0 Å². The van der Waals surface area contributed by atoms with Crippen molar-refractivity contribution in [3.05, 3.63) is 18.2 Å². The summed E-state index contributed by atoms with van der Waals surface area (Å²) in [4.78, 5) is 1.24. The molecule has 0 radical (unpaired) electrons. The van der Waals surface area contributed by atoms with E-state index < -0.39 is 0 Å². The van der Waals surface area contributed by atoms with Crippen molar-refractivity contribution >= 4 is 24.4 Å². The van der Waals surface area contributed by atoms with Crippen molar-refractivity contribution in [3.8, 4) is 11.5 Å². The SMILES string of the molecule is SCC1(CSc2ccc3c(c2)OCCO3)CCOCC1. The molecule has 0 aromatic heterocycles. The second-order valence-corrected chi connectivity index (χ2v) is 6.73. The molecule has 3 nitrogen and oxygen atoms in total. The van der Waals surface area contributed by atoms with Crippen LogP contribution in [0.2, 0.25) is 0 Å². The summed E-state index contributed by atoms with van der Waals surface area (Å²) in [6, 6.07) is 6.21. The van der Waals surface area contributed by atoms with Crippen molar-refractivity contribution < 1.29 is 14.2 Å². The number of benzene rings is 1. The zero-order chi connectivity index (χ0) is 13.8. The second-order valence-electron chi connectivity index (χ2n) is 5.36. The third kappa shape index (κ3) is 3.21. The van der Waals surface area contributed by atoms with Gasteiger partial charge in [0, 0.05) is 23.9 Å². The summed E-state index contributed by atoms with van der Waals surface area (Å²) in [5.41, 5.74) is 0.305. The summed E-state index contributed by atoms with van der Waals surface area (Å²) in [7, 11) is 0. The van der Waals surface area contributed by atoms with Gasteiger partial charge >= 0.3 is 0 Å². The van der Waals surface area contributed by atoms with Crippen LogP contribution in [0.5, 0.6) is 11.5 Å². The van der Waals surface area contributed by atoms with E-state index in [-0.39, 0.29) is 0 Å². The maximum Gasteiger partial charge on any atom is 0.162 e. The molecular formula is C15H20O3S2. The molecule has 0 spiro atoms. The van der Waals surface area contributed by atoms with E-state index in [0.717, 1.165) is 49.1 Å². The molecule has 1 saturated heterocycles. The van der Waals surface area contributed by atoms with Crippen molar-refractivity contribution in [2.75, 3.05) is 37.9 Å². The van der Waals surface area contributed by atoms with Gasteiger partial charge in [0.15, 0.2) is 11.5 Å². The molecule has 5 heteroatoms. The summed E-state index contributed by atoms with van der Waals surface area (Å²) < 4.78 is 16.7. The lowest BCUT2D eigenvalue weighted by Crippen LogP contribution is -2.33. The highest BCUT2D eigenvalue weighted by atomic mass is 32.2. The molecule has 2 aliphatic heterocycles. The molecule has 1 aromatic rings. The van der Waals surface area contributed by atoms with Crippen LogP contribution in [0.4, 0.5) is 0 Å². The van der Waals surface area contributed by atoms with Gasteiger partial charge in [-0.05, 0) is 42.2 Å². The largest absolute Gasteiger partial charge is 0.486 e. The minimum absolute atomic E-state index is 0.305. The predicted molar refractivity (Wildman–Crippen MR) is 84.5 cm³/mol. The van der Waals surface area contributed by atoms with Crippen molar-refractivity contribution in [1.82, 2.24) is 0 Å². The van der Waals surface area contributed by atoms with E-state index in [4.69, 9.17) is 14.2 Å². The van der Waals surface area contributed by atoms with E-state index in [9.17, 15) is 0 Å². The average Bonchev–Trinajstić information content (AvgIpc) is 2.54. The van der Waals surface area contributed by atoms with Crippen LogP contribution in [0.25, 0.3) is 0 Å². The molecule has 0 saturated carbocycles. The van der Waals surface area contributed by atoms with E-state index in [1.807, 2.05) is 17.8 Å². The highest BCUT2D eigenvalue weighted by molar-refractivity contribution is 7.99. The smallest absolute Gasteiger partial charge is 0.162 e. The van der Waals surface area contributed by atoms with Crippen LogP contribution in [0.1, 0.15) is 12.8 Å². The van der Waals surface area contributed by atoms with Crippen LogP contribution in [0.15, 0.2) is 23.1 Å². The minimum atomic E-state index is 0.305. The molecule has 1 aromatic carbocycles. The number of thioether (sulfide) groups is 1. The van der Waals surface area contributed by atoms with Crippen molar-refractivity contribution in [2.24, 2.45) is 5.41 Å². The number of hydrogen-bond acceptors (Lipinski definition) is 5. The van der Waals surface area contributed by atoms with Gasteiger partial charge in [0.25, 0.3) is 0 Å². The molecule has 1 fully saturated rings. The molecule has 0 aliphatic carbocycles. The number of thiol groups is 1. The Morgan fingerprint density at radius 3 is 2.55 bits per heavy atom. The Kier molecular flexibility index (Phi) is 4.68. The topological polar surface area (TPSA) is 27.7 Å². The molecular weight excluding hydrogens is 292 g/mol. The Morgan fingerprint density at radius 1 is 1.05 bits per heavy atom. The van der Waals surface area contributed by atoms with Gasteiger partial charge < -0.3 is 14.2 Å². The van der Waals surface area contributed by atoms with Crippen molar-refractivity contribution in [1.29, 1.82) is 0 Å². The summed E-state index contributed by atoms with van der Waals surface area (Å²) in [5.74, 6) is 3.73. The first-order chi connectivity index (χ1) is 9.81. The molecule has 2 aliphatic rings. The number of fused-ring (bicyclic) bond motifs is 1. The molecule has 110 valence electrons. The first-order valence-electron chi connectivity index (χ1n) is 7.02. The molecule has 3 rings (SSSR count). The summed E-state index contributed by atoms with van der Waals surface area (Å²) >= 11 is 6.44. The first kappa shape index (κ1) is 14.4. The highest BCUT2D eigenvalue weighted by Gasteiger charge is 2.31. The Hall–Kier alpha value is -0.520. The van der Waals surface area contributed by atoms with E-state index >= 15 is 0 Å². The van der Waals surface area contributed by atoms with Gasteiger partial charge in [-0.15, -0.1) is 11.8 Å². The highest BCUT2D eigenvalue weighted by Crippen LogP contribution is 2.40. The molecule has 20 heavy (non-hydrogen) atoms. The Bertz CT molecular complexity index is 458. The van der Waals surface area contributed by atoms with Gasteiger partial charge in [0.2, 0.25) is 0 Å². The van der Waals surface area contributed by atoms with Gasteiger partial charge in [-0.1, -0.05) is 0 Å². The zero-order valence-corrected chi connectivity index (χ0v) is 13.2.